The van der Waals surface area contributed by atoms with E-state index in [0.29, 0.717) is 5.02 Å². The Morgan fingerprint density at radius 2 is 1.88 bits per heavy atom. The van der Waals surface area contributed by atoms with Crippen molar-refractivity contribution in [3.63, 3.8) is 0 Å². The topological polar surface area (TPSA) is 53.6 Å². The van der Waals surface area contributed by atoms with Gasteiger partial charge >= 0.3 is 0 Å². The molecular formula is C19H22ClN3O2. The Morgan fingerprint density at radius 1 is 1.16 bits per heavy atom. The summed E-state index contributed by atoms with van der Waals surface area (Å²) in [7, 11) is 0. The van der Waals surface area contributed by atoms with Gasteiger partial charge in [0.1, 0.15) is 0 Å². The number of anilines is 3. The van der Waals surface area contributed by atoms with Crippen molar-refractivity contribution in [3.05, 3.63) is 53.1 Å². The summed E-state index contributed by atoms with van der Waals surface area (Å²) in [6, 6.07) is 13.5. The number of carbonyl (C=O) groups excluding carboxylic acids is 1. The van der Waals surface area contributed by atoms with Gasteiger partial charge in [0.05, 0.1) is 19.8 Å². The van der Waals surface area contributed by atoms with Crippen LogP contribution in [0.2, 0.25) is 5.02 Å². The van der Waals surface area contributed by atoms with Crippen LogP contribution in [0, 0.1) is 6.92 Å². The largest absolute Gasteiger partial charge is 0.378 e. The second kappa shape index (κ2) is 8.23. The van der Waals surface area contributed by atoms with Crippen molar-refractivity contribution < 1.29 is 9.53 Å². The smallest absolute Gasteiger partial charge is 0.243 e. The van der Waals surface area contributed by atoms with Crippen LogP contribution < -0.4 is 15.5 Å². The molecule has 2 aromatic rings. The number of benzene rings is 2. The molecule has 1 aliphatic heterocycles. The molecule has 2 aromatic carbocycles. The van der Waals surface area contributed by atoms with Gasteiger partial charge in [0.2, 0.25) is 5.91 Å². The zero-order valence-electron chi connectivity index (χ0n) is 14.2. The van der Waals surface area contributed by atoms with E-state index in [-0.39, 0.29) is 12.5 Å². The summed E-state index contributed by atoms with van der Waals surface area (Å²) in [5.41, 5.74) is 3.85. The minimum atomic E-state index is -0.0894. The Balaban J connectivity index is 1.52. The number of morpholine rings is 1. The van der Waals surface area contributed by atoms with E-state index in [9.17, 15) is 4.79 Å². The second-order valence-electron chi connectivity index (χ2n) is 6.01. The summed E-state index contributed by atoms with van der Waals surface area (Å²) in [5, 5.41) is 6.72. The van der Waals surface area contributed by atoms with Crippen LogP contribution in [0.3, 0.4) is 0 Å². The molecular weight excluding hydrogens is 338 g/mol. The maximum Gasteiger partial charge on any atom is 0.243 e. The average Bonchev–Trinajstić information content (AvgIpc) is 2.62. The average molecular weight is 360 g/mol. The molecule has 0 atom stereocenters. The molecule has 3 rings (SSSR count). The molecule has 2 N–H and O–H groups in total. The van der Waals surface area contributed by atoms with Crippen molar-refractivity contribution in [3.8, 4) is 0 Å². The first-order chi connectivity index (χ1) is 12.1. The number of amides is 1. The molecule has 0 spiro atoms. The molecule has 1 saturated heterocycles. The quantitative estimate of drug-likeness (QED) is 0.857. The number of nitrogens with zero attached hydrogens (tertiary/aromatic N) is 1. The van der Waals surface area contributed by atoms with Gasteiger partial charge in [-0.3, -0.25) is 4.79 Å². The molecule has 0 aliphatic carbocycles. The molecule has 1 fully saturated rings. The summed E-state index contributed by atoms with van der Waals surface area (Å²) < 4.78 is 5.36. The van der Waals surface area contributed by atoms with Crippen molar-refractivity contribution in [2.24, 2.45) is 0 Å². The molecule has 1 heterocycles. The predicted octanol–water partition coefficient (Wildman–Crippen LogP) is 3.54. The van der Waals surface area contributed by atoms with Crippen molar-refractivity contribution in [2.45, 2.75) is 6.92 Å². The molecule has 0 unspecified atom stereocenters. The first-order valence-corrected chi connectivity index (χ1v) is 8.72. The lowest BCUT2D eigenvalue weighted by atomic mass is 10.2. The van der Waals surface area contributed by atoms with Gasteiger partial charge < -0.3 is 20.3 Å². The third kappa shape index (κ3) is 4.87. The number of carbonyl (C=O) groups is 1. The fraction of sp³-hybridized carbons (Fsp3) is 0.316. The van der Waals surface area contributed by atoms with E-state index in [0.717, 1.165) is 48.9 Å². The Hall–Kier alpha value is -2.24. The van der Waals surface area contributed by atoms with Gasteiger partial charge in [-0.2, -0.15) is 0 Å². The van der Waals surface area contributed by atoms with Crippen molar-refractivity contribution >= 4 is 34.6 Å². The highest BCUT2D eigenvalue weighted by molar-refractivity contribution is 6.30. The summed E-state index contributed by atoms with van der Waals surface area (Å²) in [6.07, 6.45) is 0. The summed E-state index contributed by atoms with van der Waals surface area (Å²) >= 11 is 5.94. The molecule has 132 valence electrons. The minimum absolute atomic E-state index is 0.0894. The highest BCUT2D eigenvalue weighted by atomic mass is 35.5. The molecule has 0 radical (unpaired) electrons. The second-order valence-corrected chi connectivity index (χ2v) is 6.44. The van der Waals surface area contributed by atoms with Gasteiger partial charge in [0.25, 0.3) is 0 Å². The Bertz CT molecular complexity index is 728. The lowest BCUT2D eigenvalue weighted by molar-refractivity contribution is -0.114. The minimum Gasteiger partial charge on any atom is -0.378 e. The fourth-order valence-electron chi connectivity index (χ4n) is 2.78. The van der Waals surface area contributed by atoms with Gasteiger partial charge in [-0.1, -0.05) is 11.6 Å². The highest BCUT2D eigenvalue weighted by Gasteiger charge is 2.11. The van der Waals surface area contributed by atoms with Crippen LogP contribution in [0.4, 0.5) is 17.1 Å². The molecule has 1 aliphatic rings. The maximum atomic E-state index is 12.1. The monoisotopic (exact) mass is 359 g/mol. The van der Waals surface area contributed by atoms with E-state index in [2.05, 4.69) is 15.5 Å². The van der Waals surface area contributed by atoms with Crippen LogP contribution in [-0.4, -0.2) is 38.8 Å². The molecule has 0 bridgehead atoms. The van der Waals surface area contributed by atoms with E-state index >= 15 is 0 Å². The summed E-state index contributed by atoms with van der Waals surface area (Å²) in [6.45, 7) is 5.47. The van der Waals surface area contributed by atoms with Gasteiger partial charge in [0.15, 0.2) is 0 Å². The number of halogens is 1. The predicted molar refractivity (Wildman–Crippen MR) is 103 cm³/mol. The Morgan fingerprint density at radius 3 is 2.56 bits per heavy atom. The number of aryl methyl sites for hydroxylation is 1. The van der Waals surface area contributed by atoms with E-state index in [1.165, 1.54) is 0 Å². The molecule has 6 heteroatoms. The first-order valence-electron chi connectivity index (χ1n) is 8.34. The normalized spacial score (nSPS) is 14.2. The number of nitrogens with one attached hydrogen (secondary N) is 2. The van der Waals surface area contributed by atoms with Crippen molar-refractivity contribution in [1.29, 1.82) is 0 Å². The van der Waals surface area contributed by atoms with E-state index in [4.69, 9.17) is 16.3 Å². The molecule has 25 heavy (non-hydrogen) atoms. The van der Waals surface area contributed by atoms with Gasteiger partial charge in [-0.15, -0.1) is 0 Å². The van der Waals surface area contributed by atoms with Crippen LogP contribution in [0.1, 0.15) is 5.56 Å². The SMILES string of the molecule is Cc1cc(Cl)ccc1NCC(=O)Nc1ccc(N2CCOCC2)cc1. The van der Waals surface area contributed by atoms with Crippen molar-refractivity contribution in [2.75, 3.05) is 48.4 Å². The zero-order valence-corrected chi connectivity index (χ0v) is 15.0. The van der Waals surface area contributed by atoms with Crippen LogP contribution in [-0.2, 0) is 9.53 Å². The fourth-order valence-corrected chi connectivity index (χ4v) is 3.01. The Kier molecular flexibility index (Phi) is 5.79. The van der Waals surface area contributed by atoms with Crippen LogP contribution in [0.25, 0.3) is 0 Å². The van der Waals surface area contributed by atoms with Gasteiger partial charge in [-0.25, -0.2) is 0 Å². The number of ether oxygens (including phenoxy) is 1. The van der Waals surface area contributed by atoms with E-state index < -0.39 is 0 Å². The number of rotatable bonds is 5. The highest BCUT2D eigenvalue weighted by Crippen LogP contribution is 2.20. The molecule has 5 nitrogen and oxygen atoms in total. The third-order valence-electron chi connectivity index (χ3n) is 4.16. The first kappa shape index (κ1) is 17.6. The number of hydrogen-bond acceptors (Lipinski definition) is 4. The van der Waals surface area contributed by atoms with Gasteiger partial charge in [-0.05, 0) is 55.0 Å². The zero-order chi connectivity index (χ0) is 17.6. The third-order valence-corrected chi connectivity index (χ3v) is 4.39. The standard InChI is InChI=1S/C19H22ClN3O2/c1-14-12-15(20)2-7-18(14)21-13-19(24)22-16-3-5-17(6-4-16)23-8-10-25-11-9-23/h2-7,12,21H,8-11,13H2,1H3,(H,22,24). The summed E-state index contributed by atoms with van der Waals surface area (Å²) in [5.74, 6) is -0.0894. The van der Waals surface area contributed by atoms with Crippen LogP contribution in [0.15, 0.2) is 42.5 Å². The van der Waals surface area contributed by atoms with Crippen molar-refractivity contribution in [1.82, 2.24) is 0 Å². The Labute approximate surface area is 152 Å². The molecule has 0 aromatic heterocycles. The summed E-state index contributed by atoms with van der Waals surface area (Å²) in [4.78, 5) is 14.4. The van der Waals surface area contributed by atoms with Crippen LogP contribution in [0.5, 0.6) is 0 Å². The van der Waals surface area contributed by atoms with Gasteiger partial charge in [0, 0.05) is 35.2 Å². The molecule has 1 amide bonds. The number of hydrogen-bond donors (Lipinski definition) is 2. The van der Waals surface area contributed by atoms with E-state index in [1.807, 2.05) is 43.3 Å². The lowest BCUT2D eigenvalue weighted by Gasteiger charge is -2.28. The van der Waals surface area contributed by atoms with E-state index in [1.54, 1.807) is 6.07 Å². The molecule has 0 saturated carbocycles. The van der Waals surface area contributed by atoms with Crippen LogP contribution >= 0.6 is 11.6 Å². The lowest BCUT2D eigenvalue weighted by Crippen LogP contribution is -2.36. The maximum absolute atomic E-state index is 12.1.